The summed E-state index contributed by atoms with van der Waals surface area (Å²) >= 11 is 6.24. The molecule has 0 heterocycles. The molecule has 4 rings (SSSR count). The lowest BCUT2D eigenvalue weighted by molar-refractivity contribution is -0.140. The Labute approximate surface area is 257 Å². The Hall–Kier alpha value is -4.21. The van der Waals surface area contributed by atoms with Crippen molar-refractivity contribution in [1.82, 2.24) is 10.2 Å². The summed E-state index contributed by atoms with van der Waals surface area (Å²) < 4.78 is 43.8. The van der Waals surface area contributed by atoms with E-state index in [-0.39, 0.29) is 23.5 Å². The van der Waals surface area contributed by atoms with Crippen LogP contribution in [0.5, 0.6) is 0 Å². The summed E-state index contributed by atoms with van der Waals surface area (Å²) in [6.07, 6.45) is 0.170. The van der Waals surface area contributed by atoms with Crippen molar-refractivity contribution in [3.8, 4) is 0 Å². The summed E-state index contributed by atoms with van der Waals surface area (Å²) in [5.41, 5.74) is 2.01. The van der Waals surface area contributed by atoms with Gasteiger partial charge in [-0.25, -0.2) is 12.8 Å². The van der Waals surface area contributed by atoms with Gasteiger partial charge in [0.05, 0.1) is 10.6 Å². The molecule has 0 spiro atoms. The van der Waals surface area contributed by atoms with Crippen molar-refractivity contribution in [1.29, 1.82) is 0 Å². The molecule has 0 aliphatic rings. The molecular formula is C33H33ClFN3O4S. The first kappa shape index (κ1) is 31.7. The Morgan fingerprint density at radius 1 is 0.884 bits per heavy atom. The van der Waals surface area contributed by atoms with Crippen molar-refractivity contribution < 1.29 is 22.4 Å². The van der Waals surface area contributed by atoms with Gasteiger partial charge in [-0.05, 0) is 61.4 Å². The number of hydrogen-bond donors (Lipinski definition) is 1. The first-order valence-corrected chi connectivity index (χ1v) is 15.6. The van der Waals surface area contributed by atoms with Gasteiger partial charge in [0.1, 0.15) is 18.4 Å². The average Bonchev–Trinajstić information content (AvgIpc) is 2.99. The lowest BCUT2D eigenvalue weighted by Crippen LogP contribution is -2.53. The summed E-state index contributed by atoms with van der Waals surface area (Å²) in [5.74, 6) is -1.90. The lowest BCUT2D eigenvalue weighted by Gasteiger charge is -2.34. The minimum Gasteiger partial charge on any atom is -0.355 e. The first-order chi connectivity index (χ1) is 20.6. The number of aryl methyl sites for hydroxylation is 1. The fraction of sp³-hybridized carbons (Fsp3) is 0.212. The van der Waals surface area contributed by atoms with Crippen molar-refractivity contribution >= 4 is 39.1 Å². The third-order valence-corrected chi connectivity index (χ3v) is 8.88. The van der Waals surface area contributed by atoms with E-state index in [2.05, 4.69) is 5.32 Å². The van der Waals surface area contributed by atoms with E-state index >= 15 is 4.39 Å². The maximum absolute atomic E-state index is 15.2. The molecule has 1 atom stereocenters. The fourth-order valence-electron chi connectivity index (χ4n) is 4.68. The van der Waals surface area contributed by atoms with E-state index in [0.717, 1.165) is 21.5 Å². The second-order valence-corrected chi connectivity index (χ2v) is 12.3. The van der Waals surface area contributed by atoms with Gasteiger partial charge in [0, 0.05) is 24.5 Å². The van der Waals surface area contributed by atoms with Gasteiger partial charge >= 0.3 is 0 Å². The van der Waals surface area contributed by atoms with Crippen LogP contribution in [-0.2, 0) is 32.6 Å². The molecule has 0 saturated carbocycles. The van der Waals surface area contributed by atoms with E-state index in [0.29, 0.717) is 17.1 Å². The van der Waals surface area contributed by atoms with Crippen LogP contribution < -0.4 is 9.62 Å². The van der Waals surface area contributed by atoms with Crippen molar-refractivity contribution in [3.63, 3.8) is 0 Å². The second kappa shape index (κ2) is 14.3. The van der Waals surface area contributed by atoms with Gasteiger partial charge < -0.3 is 10.2 Å². The Balaban J connectivity index is 1.80. The molecule has 43 heavy (non-hydrogen) atoms. The SMILES string of the molecule is CCNC(=O)[C@H](Cc1ccccc1)N(Cc1cccc(Cl)c1)C(=O)CN(c1ccccc1F)S(=O)(=O)c1ccc(C)cc1. The number of benzene rings is 4. The van der Waals surface area contributed by atoms with Crippen molar-refractivity contribution in [2.24, 2.45) is 0 Å². The molecule has 0 unspecified atom stereocenters. The first-order valence-electron chi connectivity index (χ1n) is 13.8. The van der Waals surface area contributed by atoms with E-state index in [1.54, 1.807) is 43.3 Å². The highest BCUT2D eigenvalue weighted by molar-refractivity contribution is 7.92. The highest BCUT2D eigenvalue weighted by Crippen LogP contribution is 2.27. The van der Waals surface area contributed by atoms with Gasteiger partial charge in [-0.2, -0.15) is 0 Å². The molecule has 10 heteroatoms. The number of rotatable bonds is 12. The van der Waals surface area contributed by atoms with Crippen LogP contribution in [0.4, 0.5) is 10.1 Å². The number of carbonyl (C=O) groups excluding carboxylic acids is 2. The number of nitrogens with zero attached hydrogens (tertiary/aromatic N) is 2. The van der Waals surface area contributed by atoms with Crippen molar-refractivity contribution in [3.05, 3.63) is 131 Å². The number of likely N-dealkylation sites (N-methyl/N-ethyl adjacent to an activating group) is 1. The van der Waals surface area contributed by atoms with Crippen LogP contribution in [0.3, 0.4) is 0 Å². The molecular weight excluding hydrogens is 589 g/mol. The van der Waals surface area contributed by atoms with E-state index < -0.39 is 40.2 Å². The number of nitrogens with one attached hydrogen (secondary N) is 1. The molecule has 0 bridgehead atoms. The fourth-order valence-corrected chi connectivity index (χ4v) is 6.32. The van der Waals surface area contributed by atoms with Crippen LogP contribution in [0.25, 0.3) is 0 Å². The zero-order valence-corrected chi connectivity index (χ0v) is 25.5. The van der Waals surface area contributed by atoms with Gasteiger partial charge in [0.25, 0.3) is 10.0 Å². The van der Waals surface area contributed by atoms with Gasteiger partial charge in [-0.1, -0.05) is 83.9 Å². The van der Waals surface area contributed by atoms with E-state index in [1.165, 1.54) is 35.2 Å². The predicted molar refractivity (Wildman–Crippen MR) is 167 cm³/mol. The number of halogens is 2. The van der Waals surface area contributed by atoms with Crippen LogP contribution in [0.2, 0.25) is 5.02 Å². The van der Waals surface area contributed by atoms with Crippen LogP contribution in [0, 0.1) is 12.7 Å². The number of amides is 2. The lowest BCUT2D eigenvalue weighted by atomic mass is 10.0. The number of hydrogen-bond acceptors (Lipinski definition) is 4. The number of carbonyl (C=O) groups is 2. The Morgan fingerprint density at radius 2 is 1.53 bits per heavy atom. The Bertz CT molecular complexity index is 1670. The maximum Gasteiger partial charge on any atom is 0.264 e. The molecule has 2 amide bonds. The van der Waals surface area contributed by atoms with Gasteiger partial charge in [-0.3, -0.25) is 13.9 Å². The van der Waals surface area contributed by atoms with Crippen molar-refractivity contribution in [2.75, 3.05) is 17.4 Å². The smallest absolute Gasteiger partial charge is 0.264 e. The third kappa shape index (κ3) is 8.00. The van der Waals surface area contributed by atoms with Crippen LogP contribution >= 0.6 is 11.6 Å². The van der Waals surface area contributed by atoms with E-state index in [4.69, 9.17) is 11.6 Å². The molecule has 0 fully saturated rings. The van der Waals surface area contributed by atoms with Crippen molar-refractivity contribution in [2.45, 2.75) is 37.8 Å². The normalized spacial score (nSPS) is 11.9. The molecule has 0 aliphatic heterocycles. The summed E-state index contributed by atoms with van der Waals surface area (Å²) in [4.78, 5) is 29.0. The molecule has 1 N–H and O–H groups in total. The molecule has 0 aliphatic carbocycles. The molecule has 4 aromatic carbocycles. The van der Waals surface area contributed by atoms with Gasteiger partial charge in [-0.15, -0.1) is 0 Å². The van der Waals surface area contributed by atoms with Gasteiger partial charge in [0.15, 0.2) is 0 Å². The molecule has 0 saturated heterocycles. The molecule has 224 valence electrons. The largest absolute Gasteiger partial charge is 0.355 e. The molecule has 7 nitrogen and oxygen atoms in total. The topological polar surface area (TPSA) is 86.8 Å². The van der Waals surface area contributed by atoms with Gasteiger partial charge in [0.2, 0.25) is 11.8 Å². The number of para-hydroxylation sites is 1. The summed E-state index contributed by atoms with van der Waals surface area (Å²) in [6.45, 7) is 3.13. The summed E-state index contributed by atoms with van der Waals surface area (Å²) in [5, 5.41) is 3.25. The van der Waals surface area contributed by atoms with Crippen LogP contribution in [0.1, 0.15) is 23.6 Å². The quantitative estimate of drug-likeness (QED) is 0.218. The van der Waals surface area contributed by atoms with Crippen LogP contribution in [-0.4, -0.2) is 44.3 Å². The van der Waals surface area contributed by atoms with Crippen LogP contribution in [0.15, 0.2) is 108 Å². The predicted octanol–water partition coefficient (Wildman–Crippen LogP) is 5.76. The minimum absolute atomic E-state index is 0.0380. The average molecular weight is 622 g/mol. The summed E-state index contributed by atoms with van der Waals surface area (Å²) in [6, 6.07) is 26.5. The highest BCUT2D eigenvalue weighted by Gasteiger charge is 2.35. The Morgan fingerprint density at radius 3 is 2.19 bits per heavy atom. The molecule has 0 radical (unpaired) electrons. The second-order valence-electron chi connectivity index (χ2n) is 10.0. The zero-order chi connectivity index (χ0) is 31.0. The molecule has 4 aromatic rings. The standard InChI is InChI=1S/C33H33ClFN3O4S/c1-3-36-33(40)31(21-25-10-5-4-6-11-25)37(22-26-12-9-13-27(34)20-26)32(39)23-38(30-15-8-7-14-29(30)35)43(41,42)28-18-16-24(2)17-19-28/h4-20,31H,3,21-23H2,1-2H3,(H,36,40)/t31-/m0/s1. The number of sulfonamides is 1. The monoisotopic (exact) mass is 621 g/mol. The Kier molecular flexibility index (Phi) is 10.6. The van der Waals surface area contributed by atoms with E-state index in [9.17, 15) is 18.0 Å². The summed E-state index contributed by atoms with van der Waals surface area (Å²) in [7, 11) is -4.39. The maximum atomic E-state index is 15.2. The number of anilines is 1. The minimum atomic E-state index is -4.39. The van der Waals surface area contributed by atoms with E-state index in [1.807, 2.05) is 37.3 Å². The zero-order valence-electron chi connectivity index (χ0n) is 23.9. The third-order valence-electron chi connectivity index (χ3n) is 6.87. The highest BCUT2D eigenvalue weighted by atomic mass is 35.5. The molecule has 0 aromatic heterocycles.